The van der Waals surface area contributed by atoms with Crippen molar-refractivity contribution in [2.75, 3.05) is 13.2 Å². The van der Waals surface area contributed by atoms with Gasteiger partial charge in [0.15, 0.2) is 5.69 Å². The predicted molar refractivity (Wildman–Crippen MR) is 161 cm³/mol. The average molecular weight is 646 g/mol. The summed E-state index contributed by atoms with van der Waals surface area (Å²) in [7, 11) is 0. The Labute approximate surface area is 263 Å². The summed E-state index contributed by atoms with van der Waals surface area (Å²) in [5, 5.41) is 22.7. The number of benzene rings is 2. The van der Waals surface area contributed by atoms with Gasteiger partial charge in [0.25, 0.3) is 5.91 Å². The van der Waals surface area contributed by atoms with Crippen LogP contribution in [0, 0.1) is 11.8 Å². The number of nitrogens with zero attached hydrogens (tertiary/aromatic N) is 1. The van der Waals surface area contributed by atoms with Crippen molar-refractivity contribution >= 4 is 34.4 Å². The summed E-state index contributed by atoms with van der Waals surface area (Å²) in [5.41, 5.74) is 4.22. The lowest BCUT2D eigenvalue weighted by Crippen LogP contribution is -2.53. The number of piperidine rings is 1. The number of nitrogens with one attached hydrogen (secondary N) is 3. The standard InChI is InChI=1S/C32H38F3N5O6/c1-17(2)13-24(31(45)38-21(16-41)14-20-10-6-12-37-29(20)43)39-30(44)23(15-19-9-5-8-18-7-3-4-11-22(18)19)25-26(28(36)42)40-46-27(25)32(33,34)35/h3-5,7-9,11,17,20-21,23-24,41H,6,10,12-16H2,1-2H3,(H2,36,42)(H,37,43)(H,38,45)(H,39,44)/t20-,21-,23-,24-/m0/s1. The summed E-state index contributed by atoms with van der Waals surface area (Å²) < 4.78 is 47.1. The van der Waals surface area contributed by atoms with Crippen LogP contribution in [-0.4, -0.2) is 59.1 Å². The minimum absolute atomic E-state index is 0.0963. The first-order valence-corrected chi connectivity index (χ1v) is 15.1. The van der Waals surface area contributed by atoms with Gasteiger partial charge < -0.3 is 31.3 Å². The number of carbonyl (C=O) groups excluding carboxylic acids is 4. The van der Waals surface area contributed by atoms with Gasteiger partial charge >= 0.3 is 6.18 Å². The number of alkyl halides is 3. The molecule has 4 rings (SSSR count). The van der Waals surface area contributed by atoms with Crippen molar-refractivity contribution in [3.05, 3.63) is 65.0 Å². The number of nitrogens with two attached hydrogens (primary N) is 1. The fourth-order valence-electron chi connectivity index (χ4n) is 5.88. The number of amides is 4. The number of aliphatic hydroxyl groups is 1. The lowest BCUT2D eigenvalue weighted by molar-refractivity contribution is -0.156. The summed E-state index contributed by atoms with van der Waals surface area (Å²) in [5.74, 6) is -7.07. The molecular weight excluding hydrogens is 607 g/mol. The molecular formula is C32H38F3N5O6. The third kappa shape index (κ3) is 8.22. The number of rotatable bonds is 13. The van der Waals surface area contributed by atoms with E-state index in [-0.39, 0.29) is 31.1 Å². The van der Waals surface area contributed by atoms with Crippen LogP contribution in [0.4, 0.5) is 13.2 Å². The quantitative estimate of drug-likeness (QED) is 0.190. The van der Waals surface area contributed by atoms with Gasteiger partial charge in [-0.3, -0.25) is 19.2 Å². The highest BCUT2D eigenvalue weighted by Crippen LogP contribution is 2.39. The van der Waals surface area contributed by atoms with Crippen LogP contribution in [0.5, 0.6) is 0 Å². The number of aromatic nitrogens is 1. The fourth-order valence-corrected chi connectivity index (χ4v) is 5.88. The van der Waals surface area contributed by atoms with Gasteiger partial charge in [0, 0.05) is 12.5 Å². The molecule has 1 aromatic heterocycles. The van der Waals surface area contributed by atoms with Crippen LogP contribution < -0.4 is 21.7 Å². The molecule has 6 N–H and O–H groups in total. The zero-order chi connectivity index (χ0) is 33.6. The number of primary amides is 1. The smallest absolute Gasteiger partial charge is 0.394 e. The highest BCUT2D eigenvalue weighted by molar-refractivity contribution is 5.97. The van der Waals surface area contributed by atoms with Crippen molar-refractivity contribution in [2.45, 2.75) is 70.1 Å². The zero-order valence-corrected chi connectivity index (χ0v) is 25.5. The number of hydrogen-bond acceptors (Lipinski definition) is 7. The highest BCUT2D eigenvalue weighted by Gasteiger charge is 2.45. The lowest BCUT2D eigenvalue weighted by atomic mass is 9.86. The van der Waals surface area contributed by atoms with E-state index in [2.05, 4.69) is 25.6 Å². The van der Waals surface area contributed by atoms with Gasteiger partial charge in [-0.25, -0.2) is 0 Å². The van der Waals surface area contributed by atoms with E-state index in [9.17, 15) is 37.5 Å². The first-order valence-electron chi connectivity index (χ1n) is 15.1. The topological polar surface area (TPSA) is 177 Å². The van der Waals surface area contributed by atoms with Crippen molar-refractivity contribution in [3.63, 3.8) is 0 Å². The molecule has 1 aliphatic rings. The van der Waals surface area contributed by atoms with Crippen molar-refractivity contribution in [2.24, 2.45) is 17.6 Å². The minimum atomic E-state index is -5.12. The van der Waals surface area contributed by atoms with Gasteiger partial charge in [0.1, 0.15) is 6.04 Å². The van der Waals surface area contributed by atoms with E-state index in [1.807, 2.05) is 0 Å². The molecule has 2 aromatic carbocycles. The molecule has 1 fully saturated rings. The van der Waals surface area contributed by atoms with E-state index in [0.29, 0.717) is 23.9 Å². The normalized spacial score (nSPS) is 17.3. The largest absolute Gasteiger partial charge is 0.452 e. The van der Waals surface area contributed by atoms with Crippen LogP contribution in [0.2, 0.25) is 0 Å². The first-order chi connectivity index (χ1) is 21.8. The molecule has 2 heterocycles. The van der Waals surface area contributed by atoms with Crippen molar-refractivity contribution < 1.29 is 42.0 Å². The molecule has 0 aliphatic carbocycles. The Balaban J connectivity index is 1.69. The van der Waals surface area contributed by atoms with Crippen LogP contribution in [0.1, 0.15) is 72.8 Å². The molecule has 46 heavy (non-hydrogen) atoms. The molecule has 1 saturated heterocycles. The molecule has 4 atom stereocenters. The van der Waals surface area contributed by atoms with E-state index in [0.717, 1.165) is 11.8 Å². The maximum Gasteiger partial charge on any atom is 0.452 e. The molecule has 0 spiro atoms. The molecule has 4 amide bonds. The SMILES string of the molecule is CC(C)C[C@H](NC(=O)[C@@H](Cc1cccc2ccccc12)c1c(C(N)=O)noc1C(F)(F)F)C(=O)N[C@H](CO)C[C@@H]1CCCNC1=O. The Morgan fingerprint density at radius 2 is 1.83 bits per heavy atom. The summed E-state index contributed by atoms with van der Waals surface area (Å²) >= 11 is 0. The molecule has 0 radical (unpaired) electrons. The fraction of sp³-hybridized carbons (Fsp3) is 0.469. The van der Waals surface area contributed by atoms with Gasteiger partial charge in [-0.05, 0) is 54.4 Å². The Morgan fingerprint density at radius 3 is 2.48 bits per heavy atom. The number of halogens is 3. The molecule has 0 bridgehead atoms. The van der Waals surface area contributed by atoms with E-state index in [4.69, 9.17) is 5.73 Å². The van der Waals surface area contributed by atoms with Crippen LogP contribution in [0.25, 0.3) is 10.8 Å². The second kappa shape index (κ2) is 14.8. The molecule has 3 aromatic rings. The van der Waals surface area contributed by atoms with Crippen LogP contribution >= 0.6 is 0 Å². The van der Waals surface area contributed by atoms with Crippen LogP contribution in [-0.2, 0) is 27.0 Å². The van der Waals surface area contributed by atoms with Gasteiger partial charge in [0.05, 0.1) is 24.1 Å². The van der Waals surface area contributed by atoms with E-state index in [1.54, 1.807) is 56.3 Å². The van der Waals surface area contributed by atoms with Crippen LogP contribution in [0.3, 0.4) is 0 Å². The van der Waals surface area contributed by atoms with Crippen molar-refractivity contribution in [1.82, 2.24) is 21.1 Å². The summed E-state index contributed by atoms with van der Waals surface area (Å²) in [6, 6.07) is 10.2. The van der Waals surface area contributed by atoms with E-state index < -0.39 is 71.4 Å². The van der Waals surface area contributed by atoms with Gasteiger partial charge in [0.2, 0.25) is 23.5 Å². The zero-order valence-electron chi connectivity index (χ0n) is 25.5. The summed E-state index contributed by atoms with van der Waals surface area (Å²) in [6.07, 6.45) is -3.84. The third-order valence-corrected chi connectivity index (χ3v) is 8.06. The van der Waals surface area contributed by atoms with Gasteiger partial charge in [-0.2, -0.15) is 13.2 Å². The van der Waals surface area contributed by atoms with Crippen molar-refractivity contribution in [3.8, 4) is 0 Å². The Bertz CT molecular complexity index is 1570. The maximum absolute atomic E-state index is 14.2. The molecule has 14 heteroatoms. The lowest BCUT2D eigenvalue weighted by Gasteiger charge is -2.28. The van der Waals surface area contributed by atoms with Gasteiger partial charge in [-0.15, -0.1) is 0 Å². The first kappa shape index (κ1) is 34.4. The number of hydrogen-bond donors (Lipinski definition) is 5. The average Bonchev–Trinajstić information content (AvgIpc) is 3.46. The monoisotopic (exact) mass is 645 g/mol. The van der Waals surface area contributed by atoms with E-state index in [1.165, 1.54) is 0 Å². The molecule has 248 valence electrons. The second-order valence-electron chi connectivity index (χ2n) is 12.0. The maximum atomic E-state index is 14.2. The Hall–Kier alpha value is -4.46. The summed E-state index contributed by atoms with van der Waals surface area (Å²) in [4.78, 5) is 52.1. The number of aliphatic hydroxyl groups excluding tert-OH is 1. The van der Waals surface area contributed by atoms with Gasteiger partial charge in [-0.1, -0.05) is 61.5 Å². The number of carbonyl (C=O) groups is 4. The molecule has 1 aliphatic heterocycles. The predicted octanol–water partition coefficient (Wildman–Crippen LogP) is 3.20. The number of fused-ring (bicyclic) bond motifs is 1. The molecule has 0 saturated carbocycles. The minimum Gasteiger partial charge on any atom is -0.394 e. The summed E-state index contributed by atoms with van der Waals surface area (Å²) in [6.45, 7) is 3.67. The third-order valence-electron chi connectivity index (χ3n) is 8.06. The molecule has 11 nitrogen and oxygen atoms in total. The van der Waals surface area contributed by atoms with E-state index >= 15 is 0 Å². The molecule has 0 unspecified atom stereocenters. The second-order valence-corrected chi connectivity index (χ2v) is 12.0. The highest BCUT2D eigenvalue weighted by atomic mass is 19.4. The van der Waals surface area contributed by atoms with Crippen molar-refractivity contribution in [1.29, 1.82) is 0 Å². The Morgan fingerprint density at radius 1 is 1.11 bits per heavy atom. The Kier molecular flexibility index (Phi) is 11.0. The van der Waals surface area contributed by atoms with Crippen LogP contribution in [0.15, 0.2) is 47.0 Å².